The normalized spacial score (nSPS) is 12.7. The van der Waals surface area contributed by atoms with Gasteiger partial charge in [-0.25, -0.2) is 4.98 Å². The zero-order valence-corrected chi connectivity index (χ0v) is 11.7. The molecular formula is C16H18N4. The summed E-state index contributed by atoms with van der Waals surface area (Å²) in [5.41, 5.74) is 9.89. The van der Waals surface area contributed by atoms with E-state index >= 15 is 0 Å². The van der Waals surface area contributed by atoms with Gasteiger partial charge in [-0.3, -0.25) is 4.98 Å². The maximum Gasteiger partial charge on any atom is 0.110 e. The van der Waals surface area contributed by atoms with E-state index in [-0.39, 0.29) is 0 Å². The number of aromatic nitrogens is 3. The Bertz CT molecular complexity index is 728. The quantitative estimate of drug-likeness (QED) is 0.742. The highest BCUT2D eigenvalue weighted by Crippen LogP contribution is 2.22. The number of nitrogen functional groups attached to an aromatic ring is 1. The second kappa shape index (κ2) is 4.96. The van der Waals surface area contributed by atoms with Crippen LogP contribution in [0.2, 0.25) is 0 Å². The fourth-order valence-electron chi connectivity index (χ4n) is 2.48. The first kappa shape index (κ1) is 12.7. The smallest absolute Gasteiger partial charge is 0.110 e. The molecule has 0 aliphatic heterocycles. The molecule has 1 atom stereocenters. The third-order valence-electron chi connectivity index (χ3n) is 3.77. The predicted octanol–water partition coefficient (Wildman–Crippen LogP) is 2.90. The van der Waals surface area contributed by atoms with Gasteiger partial charge < -0.3 is 10.3 Å². The zero-order chi connectivity index (χ0) is 14.1. The summed E-state index contributed by atoms with van der Waals surface area (Å²) in [6.07, 6.45) is 4.54. The summed E-state index contributed by atoms with van der Waals surface area (Å²) in [6, 6.07) is 10.0. The number of benzene rings is 1. The van der Waals surface area contributed by atoms with Crippen LogP contribution in [0.5, 0.6) is 0 Å². The van der Waals surface area contributed by atoms with Gasteiger partial charge in [0.15, 0.2) is 0 Å². The zero-order valence-electron chi connectivity index (χ0n) is 11.7. The Balaban J connectivity index is 1.89. The van der Waals surface area contributed by atoms with Gasteiger partial charge >= 0.3 is 0 Å². The SMILES string of the molecule is CC(Cc1nc2ccncc2n1C)c1ccc(N)cc1. The molecule has 0 saturated heterocycles. The third kappa shape index (κ3) is 2.25. The first-order chi connectivity index (χ1) is 9.65. The van der Waals surface area contributed by atoms with E-state index < -0.39 is 0 Å². The van der Waals surface area contributed by atoms with Gasteiger partial charge in [-0.1, -0.05) is 19.1 Å². The molecule has 0 amide bonds. The minimum absolute atomic E-state index is 0.402. The van der Waals surface area contributed by atoms with E-state index in [1.54, 1.807) is 6.20 Å². The molecule has 0 fully saturated rings. The van der Waals surface area contributed by atoms with Crippen molar-refractivity contribution in [1.82, 2.24) is 14.5 Å². The lowest BCUT2D eigenvalue weighted by molar-refractivity contribution is 0.690. The van der Waals surface area contributed by atoms with E-state index in [2.05, 4.69) is 28.6 Å². The van der Waals surface area contributed by atoms with Crippen molar-refractivity contribution < 1.29 is 0 Å². The number of imidazole rings is 1. The van der Waals surface area contributed by atoms with Crippen molar-refractivity contribution in [3.63, 3.8) is 0 Å². The van der Waals surface area contributed by atoms with Crippen molar-refractivity contribution >= 4 is 16.7 Å². The Labute approximate surface area is 118 Å². The summed E-state index contributed by atoms with van der Waals surface area (Å²) >= 11 is 0. The Morgan fingerprint density at radius 1 is 1.20 bits per heavy atom. The molecule has 0 aliphatic carbocycles. The molecule has 2 N–H and O–H groups in total. The molecule has 102 valence electrons. The number of nitrogens with two attached hydrogens (primary N) is 1. The van der Waals surface area contributed by atoms with E-state index in [1.165, 1.54) is 5.56 Å². The van der Waals surface area contributed by atoms with Gasteiger partial charge in [-0.05, 0) is 29.7 Å². The highest BCUT2D eigenvalue weighted by Gasteiger charge is 2.12. The van der Waals surface area contributed by atoms with Crippen molar-refractivity contribution in [2.24, 2.45) is 7.05 Å². The Morgan fingerprint density at radius 2 is 1.95 bits per heavy atom. The second-order valence-corrected chi connectivity index (χ2v) is 5.22. The van der Waals surface area contributed by atoms with Gasteiger partial charge in [-0.15, -0.1) is 0 Å². The van der Waals surface area contributed by atoms with E-state index in [0.29, 0.717) is 5.92 Å². The number of nitrogens with zero attached hydrogens (tertiary/aromatic N) is 3. The van der Waals surface area contributed by atoms with Crippen molar-refractivity contribution in [2.45, 2.75) is 19.3 Å². The number of pyridine rings is 1. The molecule has 4 nitrogen and oxygen atoms in total. The minimum atomic E-state index is 0.402. The van der Waals surface area contributed by atoms with E-state index in [9.17, 15) is 0 Å². The maximum atomic E-state index is 5.73. The Kier molecular flexibility index (Phi) is 3.14. The molecule has 1 aromatic carbocycles. The lowest BCUT2D eigenvalue weighted by atomic mass is 9.97. The van der Waals surface area contributed by atoms with Crippen LogP contribution in [0.1, 0.15) is 24.2 Å². The predicted molar refractivity (Wildman–Crippen MR) is 81.5 cm³/mol. The monoisotopic (exact) mass is 266 g/mol. The molecule has 0 radical (unpaired) electrons. The van der Waals surface area contributed by atoms with Crippen LogP contribution in [0.25, 0.3) is 11.0 Å². The number of anilines is 1. The number of hydrogen-bond donors (Lipinski definition) is 1. The summed E-state index contributed by atoms with van der Waals surface area (Å²) in [7, 11) is 2.04. The van der Waals surface area contributed by atoms with Gasteiger partial charge in [0, 0.05) is 25.4 Å². The summed E-state index contributed by atoms with van der Waals surface area (Å²) < 4.78 is 2.12. The molecule has 0 spiro atoms. The number of hydrogen-bond acceptors (Lipinski definition) is 3. The molecular weight excluding hydrogens is 248 g/mol. The second-order valence-electron chi connectivity index (χ2n) is 5.22. The van der Waals surface area contributed by atoms with Crippen LogP contribution in [0.3, 0.4) is 0 Å². The van der Waals surface area contributed by atoms with Gasteiger partial charge in [-0.2, -0.15) is 0 Å². The van der Waals surface area contributed by atoms with Crippen LogP contribution >= 0.6 is 0 Å². The maximum absolute atomic E-state index is 5.73. The lowest BCUT2D eigenvalue weighted by Crippen LogP contribution is -2.04. The largest absolute Gasteiger partial charge is 0.399 e. The molecule has 0 aliphatic rings. The average molecular weight is 266 g/mol. The summed E-state index contributed by atoms with van der Waals surface area (Å²) in [5, 5.41) is 0. The van der Waals surface area contributed by atoms with Crippen LogP contribution < -0.4 is 5.73 Å². The molecule has 4 heteroatoms. The van der Waals surface area contributed by atoms with E-state index in [0.717, 1.165) is 29.0 Å². The van der Waals surface area contributed by atoms with Crippen molar-refractivity contribution in [2.75, 3.05) is 5.73 Å². The minimum Gasteiger partial charge on any atom is -0.399 e. The van der Waals surface area contributed by atoms with Gasteiger partial charge in [0.05, 0.1) is 17.2 Å². The van der Waals surface area contributed by atoms with Gasteiger partial charge in [0.1, 0.15) is 5.82 Å². The topological polar surface area (TPSA) is 56.7 Å². The van der Waals surface area contributed by atoms with E-state index in [4.69, 9.17) is 10.7 Å². The molecule has 3 aromatic rings. The number of aryl methyl sites for hydroxylation is 1. The van der Waals surface area contributed by atoms with Crippen molar-refractivity contribution in [3.05, 3.63) is 54.1 Å². The molecule has 0 bridgehead atoms. The number of fused-ring (bicyclic) bond motifs is 1. The first-order valence-electron chi connectivity index (χ1n) is 6.76. The molecule has 1 unspecified atom stereocenters. The van der Waals surface area contributed by atoms with Crippen LogP contribution in [-0.2, 0) is 13.5 Å². The molecule has 2 heterocycles. The lowest BCUT2D eigenvalue weighted by Gasteiger charge is -2.12. The van der Waals surface area contributed by atoms with Crippen molar-refractivity contribution in [3.8, 4) is 0 Å². The number of rotatable bonds is 3. The van der Waals surface area contributed by atoms with Crippen LogP contribution in [0.15, 0.2) is 42.7 Å². The van der Waals surface area contributed by atoms with Crippen LogP contribution in [-0.4, -0.2) is 14.5 Å². The molecule has 0 saturated carbocycles. The van der Waals surface area contributed by atoms with Crippen LogP contribution in [0.4, 0.5) is 5.69 Å². The molecule has 3 rings (SSSR count). The van der Waals surface area contributed by atoms with E-state index in [1.807, 2.05) is 31.4 Å². The summed E-state index contributed by atoms with van der Waals surface area (Å²) in [5.74, 6) is 1.48. The molecule has 20 heavy (non-hydrogen) atoms. The average Bonchev–Trinajstić information content (AvgIpc) is 2.77. The highest BCUT2D eigenvalue weighted by molar-refractivity contribution is 5.74. The van der Waals surface area contributed by atoms with Gasteiger partial charge in [0.25, 0.3) is 0 Å². The third-order valence-corrected chi connectivity index (χ3v) is 3.77. The molecule has 2 aromatic heterocycles. The first-order valence-corrected chi connectivity index (χ1v) is 6.76. The summed E-state index contributed by atoms with van der Waals surface area (Å²) in [6.45, 7) is 2.21. The van der Waals surface area contributed by atoms with Gasteiger partial charge in [0.2, 0.25) is 0 Å². The van der Waals surface area contributed by atoms with Crippen LogP contribution in [0, 0.1) is 0 Å². The highest BCUT2D eigenvalue weighted by atomic mass is 15.1. The fraction of sp³-hybridized carbons (Fsp3) is 0.250. The standard InChI is InChI=1S/C16H18N4/c1-11(12-3-5-13(17)6-4-12)9-16-19-14-7-8-18-10-15(14)20(16)2/h3-8,10-11H,9,17H2,1-2H3. The fourth-order valence-corrected chi connectivity index (χ4v) is 2.48. The van der Waals surface area contributed by atoms with Crippen molar-refractivity contribution in [1.29, 1.82) is 0 Å². The Hall–Kier alpha value is -2.36. The summed E-state index contributed by atoms with van der Waals surface area (Å²) in [4.78, 5) is 8.85. The Morgan fingerprint density at radius 3 is 2.65 bits per heavy atom.